The first-order valence-corrected chi connectivity index (χ1v) is 14.6. The van der Waals surface area contributed by atoms with E-state index in [2.05, 4.69) is 0 Å². The number of hydrogen-bond donors (Lipinski definition) is 0. The zero-order valence-corrected chi connectivity index (χ0v) is 22.8. The van der Waals surface area contributed by atoms with Crippen LogP contribution in [0, 0.1) is 5.82 Å². The maximum atomic E-state index is 13.8. The molecular weight excluding hydrogens is 543 g/mol. The zero-order valence-electron chi connectivity index (χ0n) is 21.2. The molecule has 1 unspecified atom stereocenters. The van der Waals surface area contributed by atoms with Gasteiger partial charge >= 0.3 is 0 Å². The summed E-state index contributed by atoms with van der Waals surface area (Å²) in [7, 11) is -2.57. The van der Waals surface area contributed by atoms with Crippen LogP contribution >= 0.6 is 11.3 Å². The largest absolute Gasteiger partial charge is 0.497 e. The van der Waals surface area contributed by atoms with E-state index in [1.165, 1.54) is 37.6 Å². The SMILES string of the molecule is COc1ccc(S(=O)(=O)N(CC(=O)N2CCc3sccc3C2COc2cccc(F)c2)Cc2ccco2)cc1. The summed E-state index contributed by atoms with van der Waals surface area (Å²) in [6, 6.07) is 16.7. The number of methoxy groups -OCH3 is 1. The maximum absolute atomic E-state index is 13.8. The topological polar surface area (TPSA) is 89.3 Å². The van der Waals surface area contributed by atoms with E-state index in [4.69, 9.17) is 13.9 Å². The molecule has 2 aromatic carbocycles. The highest BCUT2D eigenvalue weighted by molar-refractivity contribution is 7.89. The van der Waals surface area contributed by atoms with Crippen molar-refractivity contribution in [3.63, 3.8) is 0 Å². The molecule has 5 rings (SSSR count). The highest BCUT2D eigenvalue weighted by atomic mass is 32.2. The molecule has 4 aromatic rings. The Kier molecular flexibility index (Phi) is 8.01. The van der Waals surface area contributed by atoms with Gasteiger partial charge in [-0.25, -0.2) is 12.8 Å². The molecule has 2 aromatic heterocycles. The van der Waals surface area contributed by atoms with Crippen molar-refractivity contribution in [2.75, 3.05) is 26.8 Å². The molecule has 1 amide bonds. The van der Waals surface area contributed by atoms with E-state index in [-0.39, 0.29) is 24.0 Å². The van der Waals surface area contributed by atoms with Gasteiger partial charge in [0.2, 0.25) is 15.9 Å². The highest BCUT2D eigenvalue weighted by Gasteiger charge is 2.35. The summed E-state index contributed by atoms with van der Waals surface area (Å²) >= 11 is 1.61. The van der Waals surface area contributed by atoms with E-state index in [0.717, 1.165) is 14.7 Å². The van der Waals surface area contributed by atoms with Gasteiger partial charge in [0, 0.05) is 17.5 Å². The van der Waals surface area contributed by atoms with Crippen LogP contribution in [0.4, 0.5) is 4.39 Å². The first-order valence-electron chi connectivity index (χ1n) is 12.3. The van der Waals surface area contributed by atoms with Crippen molar-refractivity contribution >= 4 is 27.3 Å². The quantitative estimate of drug-likeness (QED) is 0.270. The van der Waals surface area contributed by atoms with Crippen molar-refractivity contribution < 1.29 is 31.5 Å². The van der Waals surface area contributed by atoms with Gasteiger partial charge in [-0.2, -0.15) is 4.31 Å². The fourth-order valence-electron chi connectivity index (χ4n) is 4.55. The molecular formula is C28H27FN2O6S2. The minimum absolute atomic E-state index is 0.0346. The number of fused-ring (bicyclic) bond motifs is 1. The predicted octanol–water partition coefficient (Wildman–Crippen LogP) is 4.88. The van der Waals surface area contributed by atoms with E-state index >= 15 is 0 Å². The van der Waals surface area contributed by atoms with Gasteiger partial charge in [-0.15, -0.1) is 11.3 Å². The molecule has 0 fully saturated rings. The van der Waals surface area contributed by atoms with E-state index in [9.17, 15) is 17.6 Å². The zero-order chi connectivity index (χ0) is 27.4. The molecule has 0 saturated carbocycles. The molecule has 204 valence electrons. The number of carbonyl (C=O) groups is 1. The predicted molar refractivity (Wildman–Crippen MR) is 144 cm³/mol. The van der Waals surface area contributed by atoms with Crippen molar-refractivity contribution in [1.29, 1.82) is 0 Å². The third-order valence-electron chi connectivity index (χ3n) is 6.54. The van der Waals surface area contributed by atoms with Gasteiger partial charge < -0.3 is 18.8 Å². The Morgan fingerprint density at radius 3 is 2.67 bits per heavy atom. The first kappa shape index (κ1) is 26.9. The Morgan fingerprint density at radius 2 is 1.95 bits per heavy atom. The lowest BCUT2D eigenvalue weighted by atomic mass is 10.0. The summed E-state index contributed by atoms with van der Waals surface area (Å²) in [5.74, 6) is 0.487. The lowest BCUT2D eigenvalue weighted by Gasteiger charge is -2.37. The average molecular weight is 571 g/mol. The summed E-state index contributed by atoms with van der Waals surface area (Å²) in [6.07, 6.45) is 2.11. The number of benzene rings is 2. The Bertz CT molecular complexity index is 1520. The van der Waals surface area contributed by atoms with Gasteiger partial charge in [-0.1, -0.05) is 6.07 Å². The van der Waals surface area contributed by atoms with Crippen LogP contribution in [0.2, 0.25) is 0 Å². The second-order valence-corrected chi connectivity index (χ2v) is 11.9. The Hall–Kier alpha value is -3.67. The lowest BCUT2D eigenvalue weighted by Crippen LogP contribution is -2.47. The molecule has 0 N–H and O–H groups in total. The number of amides is 1. The fraction of sp³-hybridized carbons (Fsp3) is 0.250. The number of sulfonamides is 1. The van der Waals surface area contributed by atoms with Crippen molar-refractivity contribution in [1.82, 2.24) is 9.21 Å². The smallest absolute Gasteiger partial charge is 0.243 e. The average Bonchev–Trinajstić information content (AvgIpc) is 3.63. The van der Waals surface area contributed by atoms with E-state index in [1.807, 2.05) is 11.4 Å². The van der Waals surface area contributed by atoms with Crippen LogP contribution in [0.15, 0.2) is 87.7 Å². The van der Waals surface area contributed by atoms with Crippen LogP contribution in [-0.2, 0) is 27.8 Å². The Labute approximate surface area is 230 Å². The standard InChI is InChI=1S/C28H27FN2O6S2/c1-35-21-7-9-24(10-8-21)39(33,34)30(17-23-6-3-14-36-23)18-28(32)31-13-11-27-25(12-15-38-27)26(31)19-37-22-5-2-4-20(29)16-22/h2-10,12,14-16,26H,11,13,17-19H2,1H3. The molecule has 0 aliphatic carbocycles. The molecule has 0 spiro atoms. The molecule has 3 heterocycles. The fourth-order valence-corrected chi connectivity index (χ4v) is 6.83. The van der Waals surface area contributed by atoms with Crippen LogP contribution in [0.1, 0.15) is 22.2 Å². The molecule has 1 atom stereocenters. The van der Waals surface area contributed by atoms with Crippen LogP contribution < -0.4 is 9.47 Å². The molecule has 0 bridgehead atoms. The summed E-state index contributed by atoms with van der Waals surface area (Å²) in [5.41, 5.74) is 0.951. The van der Waals surface area contributed by atoms with Gasteiger partial charge in [0.25, 0.3) is 0 Å². The van der Waals surface area contributed by atoms with Gasteiger partial charge in [-0.3, -0.25) is 4.79 Å². The molecule has 11 heteroatoms. The third-order valence-corrected chi connectivity index (χ3v) is 9.34. The van der Waals surface area contributed by atoms with E-state index < -0.39 is 28.4 Å². The summed E-state index contributed by atoms with van der Waals surface area (Å²) in [4.78, 5) is 16.6. The molecule has 1 aliphatic heterocycles. The third kappa shape index (κ3) is 6.00. The van der Waals surface area contributed by atoms with Gasteiger partial charge in [0.05, 0.1) is 37.4 Å². The second kappa shape index (κ2) is 11.6. The molecule has 39 heavy (non-hydrogen) atoms. The molecule has 8 nitrogen and oxygen atoms in total. The minimum Gasteiger partial charge on any atom is -0.497 e. The normalized spacial score (nSPS) is 15.3. The second-order valence-electron chi connectivity index (χ2n) is 8.95. The highest BCUT2D eigenvalue weighted by Crippen LogP contribution is 2.34. The van der Waals surface area contributed by atoms with Crippen LogP contribution in [0.3, 0.4) is 0 Å². The van der Waals surface area contributed by atoms with Crippen molar-refractivity contribution in [3.05, 3.63) is 100 Å². The van der Waals surface area contributed by atoms with Crippen LogP contribution in [0.5, 0.6) is 11.5 Å². The molecule has 0 saturated heterocycles. The molecule has 1 aliphatic rings. The van der Waals surface area contributed by atoms with Crippen LogP contribution in [0.25, 0.3) is 0 Å². The lowest BCUT2D eigenvalue weighted by molar-refractivity contribution is -0.135. The summed E-state index contributed by atoms with van der Waals surface area (Å²) in [5, 5.41) is 1.96. The van der Waals surface area contributed by atoms with Gasteiger partial charge in [0.1, 0.15) is 29.7 Å². The molecule has 0 radical (unpaired) electrons. The Morgan fingerprint density at radius 1 is 1.13 bits per heavy atom. The van der Waals surface area contributed by atoms with Crippen LogP contribution in [-0.4, -0.2) is 50.3 Å². The first-order chi connectivity index (χ1) is 18.8. The minimum atomic E-state index is -4.06. The van der Waals surface area contributed by atoms with E-state index in [0.29, 0.717) is 30.2 Å². The Balaban J connectivity index is 1.41. The van der Waals surface area contributed by atoms with Crippen molar-refractivity contribution in [2.24, 2.45) is 0 Å². The number of ether oxygens (including phenoxy) is 2. The number of carbonyl (C=O) groups excluding carboxylic acids is 1. The van der Waals surface area contributed by atoms with E-state index in [1.54, 1.807) is 52.6 Å². The number of hydrogen-bond acceptors (Lipinski definition) is 7. The van der Waals surface area contributed by atoms with Gasteiger partial charge in [0.15, 0.2) is 0 Å². The monoisotopic (exact) mass is 570 g/mol. The number of rotatable bonds is 10. The van der Waals surface area contributed by atoms with Crippen molar-refractivity contribution in [2.45, 2.75) is 23.9 Å². The number of thiophene rings is 1. The number of nitrogens with zero attached hydrogens (tertiary/aromatic N) is 2. The summed E-state index contributed by atoms with van der Waals surface area (Å²) < 4.78 is 58.6. The number of halogens is 1. The number of furan rings is 1. The van der Waals surface area contributed by atoms with Crippen molar-refractivity contribution in [3.8, 4) is 11.5 Å². The van der Waals surface area contributed by atoms with Gasteiger partial charge in [-0.05, 0) is 72.0 Å². The maximum Gasteiger partial charge on any atom is 0.243 e. The summed E-state index contributed by atoms with van der Waals surface area (Å²) in [6.45, 7) is -0.0108.